The molecule has 0 radical (unpaired) electrons. The highest BCUT2D eigenvalue weighted by Gasteiger charge is 2.27. The zero-order valence-corrected chi connectivity index (χ0v) is 11.8. The Kier molecular flexibility index (Phi) is 5.18. The Morgan fingerprint density at radius 2 is 2.10 bits per heavy atom. The Hall–Kier alpha value is -1.81. The fraction of sp³-hybridized carbons (Fsp3) is 0.438. The quantitative estimate of drug-likeness (QED) is 0.741. The van der Waals surface area contributed by atoms with E-state index in [1.807, 2.05) is 24.3 Å². The van der Waals surface area contributed by atoms with Crippen molar-refractivity contribution >= 4 is 12.0 Å². The fourth-order valence-corrected chi connectivity index (χ4v) is 2.16. The van der Waals surface area contributed by atoms with E-state index in [0.717, 1.165) is 36.5 Å². The molecule has 0 bridgehead atoms. The molecule has 1 aromatic rings. The molecule has 1 fully saturated rings. The van der Waals surface area contributed by atoms with Gasteiger partial charge >= 0.3 is 5.97 Å². The Morgan fingerprint density at radius 3 is 2.65 bits per heavy atom. The van der Waals surface area contributed by atoms with E-state index in [1.165, 1.54) is 12.8 Å². The van der Waals surface area contributed by atoms with Crippen LogP contribution < -0.4 is 4.74 Å². The van der Waals surface area contributed by atoms with Crippen LogP contribution >= 0.6 is 0 Å². The third-order valence-corrected chi connectivity index (χ3v) is 3.42. The van der Waals surface area contributed by atoms with Gasteiger partial charge in [0.15, 0.2) is 0 Å². The van der Waals surface area contributed by atoms with E-state index in [0.29, 0.717) is 6.61 Å². The number of benzene rings is 1. The van der Waals surface area contributed by atoms with Crippen LogP contribution in [-0.2, 0) is 4.79 Å². The number of ether oxygens (including phenoxy) is 1. The van der Waals surface area contributed by atoms with Crippen LogP contribution in [-0.4, -0.2) is 41.7 Å². The molecule has 0 atom stereocenters. The smallest absolute Gasteiger partial charge is 0.328 e. The molecule has 1 aliphatic rings. The number of aliphatic carboxylic acids is 1. The maximum Gasteiger partial charge on any atom is 0.328 e. The number of carbonyl (C=O) groups is 1. The van der Waals surface area contributed by atoms with Crippen LogP contribution in [0.5, 0.6) is 5.75 Å². The molecule has 1 aliphatic carbocycles. The van der Waals surface area contributed by atoms with E-state index in [4.69, 9.17) is 9.84 Å². The lowest BCUT2D eigenvalue weighted by Gasteiger charge is -2.19. The van der Waals surface area contributed by atoms with E-state index in [-0.39, 0.29) is 0 Å². The Bertz CT molecular complexity index is 463. The molecule has 0 spiro atoms. The van der Waals surface area contributed by atoms with Crippen LogP contribution in [0.1, 0.15) is 25.3 Å². The van der Waals surface area contributed by atoms with Gasteiger partial charge in [0.05, 0.1) is 0 Å². The molecule has 0 saturated heterocycles. The molecule has 1 aromatic carbocycles. The van der Waals surface area contributed by atoms with Crippen LogP contribution in [0.4, 0.5) is 0 Å². The van der Waals surface area contributed by atoms with Gasteiger partial charge in [-0.1, -0.05) is 19.1 Å². The first kappa shape index (κ1) is 14.6. The molecule has 0 amide bonds. The van der Waals surface area contributed by atoms with Crippen molar-refractivity contribution in [3.8, 4) is 5.75 Å². The summed E-state index contributed by atoms with van der Waals surface area (Å²) in [6.07, 6.45) is 5.33. The number of hydrogen-bond acceptors (Lipinski definition) is 3. The number of rotatable bonds is 8. The lowest BCUT2D eigenvalue weighted by molar-refractivity contribution is -0.131. The van der Waals surface area contributed by atoms with Crippen molar-refractivity contribution in [1.82, 2.24) is 4.90 Å². The Morgan fingerprint density at radius 1 is 1.40 bits per heavy atom. The van der Waals surface area contributed by atoms with Crippen LogP contribution in [0.2, 0.25) is 0 Å². The van der Waals surface area contributed by atoms with Gasteiger partial charge in [-0.05, 0) is 43.2 Å². The normalized spacial score (nSPS) is 14.9. The first-order chi connectivity index (χ1) is 9.69. The summed E-state index contributed by atoms with van der Waals surface area (Å²) >= 11 is 0. The summed E-state index contributed by atoms with van der Waals surface area (Å²) in [6, 6.07) is 8.22. The van der Waals surface area contributed by atoms with Crippen molar-refractivity contribution in [2.45, 2.75) is 25.8 Å². The molecule has 4 heteroatoms. The van der Waals surface area contributed by atoms with E-state index >= 15 is 0 Å². The van der Waals surface area contributed by atoms with Crippen molar-refractivity contribution in [2.24, 2.45) is 0 Å². The lowest BCUT2D eigenvalue weighted by atomic mass is 10.2. The summed E-state index contributed by atoms with van der Waals surface area (Å²) in [5, 5.41) is 8.55. The molecule has 0 unspecified atom stereocenters. The zero-order valence-electron chi connectivity index (χ0n) is 11.8. The number of hydrogen-bond donors (Lipinski definition) is 1. The second-order valence-corrected chi connectivity index (χ2v) is 4.95. The number of carboxylic acids is 1. The molecule has 2 rings (SSSR count). The van der Waals surface area contributed by atoms with Crippen LogP contribution in [0, 0.1) is 0 Å². The minimum atomic E-state index is -0.940. The Balaban J connectivity index is 1.77. The second-order valence-electron chi connectivity index (χ2n) is 4.95. The van der Waals surface area contributed by atoms with Gasteiger partial charge in [-0.25, -0.2) is 4.79 Å². The Labute approximate surface area is 119 Å². The molecule has 1 N–H and O–H groups in total. The van der Waals surface area contributed by atoms with Gasteiger partial charge in [0.2, 0.25) is 0 Å². The first-order valence-electron chi connectivity index (χ1n) is 7.07. The average Bonchev–Trinajstić information content (AvgIpc) is 3.27. The summed E-state index contributed by atoms with van der Waals surface area (Å²) in [4.78, 5) is 12.9. The number of likely N-dealkylation sites (N-methyl/N-ethyl adjacent to an activating group) is 1. The second kappa shape index (κ2) is 7.10. The summed E-state index contributed by atoms with van der Waals surface area (Å²) in [5.41, 5.74) is 0.855. The van der Waals surface area contributed by atoms with E-state index < -0.39 is 5.97 Å². The monoisotopic (exact) mass is 275 g/mol. The molecule has 1 saturated carbocycles. The van der Waals surface area contributed by atoms with Crippen molar-refractivity contribution in [3.05, 3.63) is 35.9 Å². The number of carboxylic acid groups (broad SMARTS) is 1. The minimum absolute atomic E-state index is 0.689. The highest BCUT2D eigenvalue weighted by atomic mass is 16.5. The zero-order chi connectivity index (χ0) is 14.4. The minimum Gasteiger partial charge on any atom is -0.492 e. The molecule has 4 nitrogen and oxygen atoms in total. The van der Waals surface area contributed by atoms with E-state index in [2.05, 4.69) is 11.8 Å². The highest BCUT2D eigenvalue weighted by Crippen LogP contribution is 2.26. The largest absolute Gasteiger partial charge is 0.492 e. The van der Waals surface area contributed by atoms with Crippen molar-refractivity contribution in [3.63, 3.8) is 0 Å². The lowest BCUT2D eigenvalue weighted by Crippen LogP contribution is -2.30. The molecule has 108 valence electrons. The summed E-state index contributed by atoms with van der Waals surface area (Å²) < 4.78 is 5.71. The van der Waals surface area contributed by atoms with Crippen LogP contribution in [0.25, 0.3) is 6.08 Å². The molecule has 20 heavy (non-hydrogen) atoms. The van der Waals surface area contributed by atoms with Crippen molar-refractivity contribution < 1.29 is 14.6 Å². The topological polar surface area (TPSA) is 49.8 Å². The molecule has 0 heterocycles. The van der Waals surface area contributed by atoms with Gasteiger partial charge in [0.1, 0.15) is 12.4 Å². The summed E-state index contributed by atoms with van der Waals surface area (Å²) in [7, 11) is 0. The van der Waals surface area contributed by atoms with Crippen LogP contribution in [0.15, 0.2) is 30.3 Å². The summed E-state index contributed by atoms with van der Waals surface area (Å²) in [5.74, 6) is -0.116. The third-order valence-electron chi connectivity index (χ3n) is 3.42. The third kappa shape index (κ3) is 4.70. The average molecular weight is 275 g/mol. The van der Waals surface area contributed by atoms with Gasteiger partial charge in [0.25, 0.3) is 0 Å². The van der Waals surface area contributed by atoms with Crippen molar-refractivity contribution in [2.75, 3.05) is 19.7 Å². The standard InChI is InChI=1S/C16H21NO3/c1-2-17(14-6-7-14)11-12-20-15-8-3-13(4-9-15)5-10-16(18)19/h3-5,8-10,14H,2,6-7,11-12H2,1H3,(H,18,19). The van der Waals surface area contributed by atoms with Gasteiger partial charge in [0, 0.05) is 18.7 Å². The van der Waals surface area contributed by atoms with Gasteiger partial charge < -0.3 is 9.84 Å². The van der Waals surface area contributed by atoms with Gasteiger partial charge in [-0.15, -0.1) is 0 Å². The summed E-state index contributed by atoms with van der Waals surface area (Å²) in [6.45, 7) is 4.91. The first-order valence-corrected chi connectivity index (χ1v) is 7.07. The number of nitrogens with zero attached hydrogens (tertiary/aromatic N) is 1. The van der Waals surface area contributed by atoms with Gasteiger partial charge in [-0.3, -0.25) is 4.90 Å². The molecular formula is C16H21NO3. The molecular weight excluding hydrogens is 254 g/mol. The van der Waals surface area contributed by atoms with Crippen LogP contribution in [0.3, 0.4) is 0 Å². The van der Waals surface area contributed by atoms with E-state index in [9.17, 15) is 4.79 Å². The predicted octanol–water partition coefficient (Wildman–Crippen LogP) is 2.65. The van der Waals surface area contributed by atoms with E-state index in [1.54, 1.807) is 6.08 Å². The molecule has 0 aromatic heterocycles. The fourth-order valence-electron chi connectivity index (χ4n) is 2.16. The molecule has 0 aliphatic heterocycles. The SMILES string of the molecule is CCN(CCOc1ccc(C=CC(=O)O)cc1)C1CC1. The van der Waals surface area contributed by atoms with Crippen molar-refractivity contribution in [1.29, 1.82) is 0 Å². The maximum atomic E-state index is 10.4. The van der Waals surface area contributed by atoms with Gasteiger partial charge in [-0.2, -0.15) is 0 Å². The maximum absolute atomic E-state index is 10.4. The highest BCUT2D eigenvalue weighted by molar-refractivity contribution is 5.85. The predicted molar refractivity (Wildman–Crippen MR) is 78.9 cm³/mol.